The van der Waals surface area contributed by atoms with Gasteiger partial charge in [0.25, 0.3) is 5.56 Å². The predicted molar refractivity (Wildman–Crippen MR) is 99.9 cm³/mol. The Morgan fingerprint density at radius 2 is 1.96 bits per heavy atom. The number of pyridine rings is 1. The summed E-state index contributed by atoms with van der Waals surface area (Å²) in [5.74, 6) is 0.983. The highest BCUT2D eigenvalue weighted by Gasteiger charge is 2.19. The number of hydrogen-bond acceptors (Lipinski definition) is 4. The summed E-state index contributed by atoms with van der Waals surface area (Å²) in [5, 5.41) is 11.6. The van der Waals surface area contributed by atoms with Gasteiger partial charge in [-0.25, -0.2) is 0 Å². The Morgan fingerprint density at radius 3 is 2.75 bits per heavy atom. The van der Waals surface area contributed by atoms with Crippen molar-refractivity contribution in [2.45, 2.75) is 44.6 Å². The molecule has 5 heteroatoms. The average Bonchev–Trinajstić information content (AvgIpc) is 3.00. The molecule has 3 aromatic rings. The smallest absolute Gasteiger partial charge is 0.266 e. The van der Waals surface area contributed by atoms with Crippen LogP contribution in [0.5, 0.6) is 5.75 Å². The summed E-state index contributed by atoms with van der Waals surface area (Å²) in [6.07, 6.45) is 6.91. The summed E-state index contributed by atoms with van der Waals surface area (Å²) < 4.78 is 0.758. The van der Waals surface area contributed by atoms with Gasteiger partial charge in [-0.15, -0.1) is 11.3 Å². The zero-order chi connectivity index (χ0) is 16.7. The first-order valence-electron chi connectivity index (χ1n) is 8.63. The number of hydrogen-bond donors (Lipinski definition) is 3. The minimum atomic E-state index is -0.0388. The Balaban J connectivity index is 1.63. The van der Waals surface area contributed by atoms with Crippen LogP contribution in [0.4, 0.5) is 0 Å². The maximum absolute atomic E-state index is 12.3. The van der Waals surface area contributed by atoms with Crippen molar-refractivity contribution in [2.75, 3.05) is 0 Å². The predicted octanol–water partition coefficient (Wildman–Crippen LogP) is 3.90. The number of rotatable bonds is 3. The molecule has 0 spiro atoms. The van der Waals surface area contributed by atoms with Gasteiger partial charge in [-0.3, -0.25) is 4.79 Å². The number of phenolic OH excluding ortho intramolecular Hbond substituents is 1. The maximum Gasteiger partial charge on any atom is 0.266 e. The maximum atomic E-state index is 12.3. The Hall–Kier alpha value is -1.85. The fourth-order valence-corrected chi connectivity index (χ4v) is 4.88. The minimum absolute atomic E-state index is 0.0388. The van der Waals surface area contributed by atoms with Crippen molar-refractivity contribution < 1.29 is 5.11 Å². The molecule has 0 radical (unpaired) electrons. The molecule has 0 atom stereocenters. The fraction of sp³-hybridized carbons (Fsp3) is 0.421. The highest BCUT2D eigenvalue weighted by molar-refractivity contribution is 7.19. The number of nitrogens with two attached hydrogens (primary N) is 1. The summed E-state index contributed by atoms with van der Waals surface area (Å²) in [6.45, 7) is 0. The molecular formula is C19H22N2O2S. The molecule has 1 aliphatic rings. The third-order valence-electron chi connectivity index (χ3n) is 5.22. The van der Waals surface area contributed by atoms with Gasteiger partial charge in [-0.2, -0.15) is 0 Å². The molecule has 1 fully saturated rings. The van der Waals surface area contributed by atoms with Crippen molar-refractivity contribution in [1.82, 2.24) is 4.98 Å². The average molecular weight is 342 g/mol. The fourth-order valence-electron chi connectivity index (χ4n) is 3.80. The molecule has 2 heterocycles. The van der Waals surface area contributed by atoms with E-state index in [0.29, 0.717) is 6.04 Å². The second-order valence-electron chi connectivity index (χ2n) is 6.96. The SMILES string of the molecule is NC1CCC(CCc2cc3c(s2)c(=O)[nH]c2ccc(O)cc23)CC1. The number of H-pyrrole nitrogens is 1. The third kappa shape index (κ3) is 2.94. The first-order valence-corrected chi connectivity index (χ1v) is 9.45. The van der Waals surface area contributed by atoms with E-state index in [1.54, 1.807) is 29.5 Å². The van der Waals surface area contributed by atoms with Crippen molar-refractivity contribution >= 4 is 32.3 Å². The monoisotopic (exact) mass is 342 g/mol. The van der Waals surface area contributed by atoms with Crippen molar-refractivity contribution in [3.05, 3.63) is 39.5 Å². The minimum Gasteiger partial charge on any atom is -0.508 e. The van der Waals surface area contributed by atoms with Crippen LogP contribution >= 0.6 is 11.3 Å². The molecule has 24 heavy (non-hydrogen) atoms. The zero-order valence-electron chi connectivity index (χ0n) is 13.5. The number of benzene rings is 1. The van der Waals surface area contributed by atoms with E-state index in [1.807, 2.05) is 0 Å². The van der Waals surface area contributed by atoms with E-state index >= 15 is 0 Å². The van der Waals surface area contributed by atoms with Crippen molar-refractivity contribution in [2.24, 2.45) is 11.7 Å². The van der Waals surface area contributed by atoms with Crippen molar-refractivity contribution in [1.29, 1.82) is 0 Å². The van der Waals surface area contributed by atoms with E-state index < -0.39 is 0 Å². The van der Waals surface area contributed by atoms with Crippen LogP contribution < -0.4 is 11.3 Å². The quantitative estimate of drug-likeness (QED) is 0.675. The first kappa shape index (κ1) is 15.7. The molecule has 1 saturated carbocycles. The van der Waals surface area contributed by atoms with Crippen LogP contribution in [0.15, 0.2) is 29.1 Å². The van der Waals surface area contributed by atoms with Crippen LogP contribution in [0, 0.1) is 5.92 Å². The third-order valence-corrected chi connectivity index (χ3v) is 6.41. The summed E-state index contributed by atoms with van der Waals surface area (Å²) in [7, 11) is 0. The standard InChI is InChI=1S/C19H22N2O2S/c20-12-4-1-11(2-5-12)3-7-14-10-16-15-9-13(22)6-8-17(15)21-19(23)18(16)24-14/h6,8-12,22H,1-5,7,20H2,(H,21,23). The number of aryl methyl sites for hydroxylation is 1. The van der Waals surface area contributed by atoms with Gasteiger partial charge in [0.05, 0.1) is 0 Å². The summed E-state index contributed by atoms with van der Waals surface area (Å²) in [4.78, 5) is 16.5. The Kier molecular flexibility index (Phi) is 4.06. The van der Waals surface area contributed by atoms with Crippen LogP contribution in [0.2, 0.25) is 0 Å². The number of thiophene rings is 1. The number of aromatic hydroxyl groups is 1. The van der Waals surface area contributed by atoms with E-state index in [0.717, 1.165) is 46.2 Å². The van der Waals surface area contributed by atoms with Gasteiger partial charge in [-0.05, 0) is 68.7 Å². The highest BCUT2D eigenvalue weighted by Crippen LogP contribution is 2.33. The summed E-state index contributed by atoms with van der Waals surface area (Å²) in [6, 6.07) is 7.61. The van der Waals surface area contributed by atoms with E-state index in [2.05, 4.69) is 11.1 Å². The summed E-state index contributed by atoms with van der Waals surface area (Å²) in [5.41, 5.74) is 6.72. The number of phenols is 1. The second kappa shape index (κ2) is 6.22. The van der Waals surface area contributed by atoms with Crippen molar-refractivity contribution in [3.8, 4) is 5.75 Å². The van der Waals surface area contributed by atoms with E-state index in [4.69, 9.17) is 5.73 Å². The Labute approximate surface area is 144 Å². The van der Waals surface area contributed by atoms with Crippen LogP contribution in [-0.2, 0) is 6.42 Å². The summed E-state index contributed by atoms with van der Waals surface area (Å²) >= 11 is 1.58. The first-order chi connectivity index (χ1) is 11.6. The molecule has 4 rings (SSSR count). The van der Waals surface area contributed by atoms with Gasteiger partial charge < -0.3 is 15.8 Å². The molecule has 0 saturated heterocycles. The largest absolute Gasteiger partial charge is 0.508 e. The molecule has 0 unspecified atom stereocenters. The molecule has 0 bridgehead atoms. The zero-order valence-corrected chi connectivity index (χ0v) is 14.4. The number of aromatic amines is 1. The van der Waals surface area contributed by atoms with Gasteiger partial charge >= 0.3 is 0 Å². The molecular weight excluding hydrogens is 320 g/mol. The molecule has 1 aromatic carbocycles. The van der Waals surface area contributed by atoms with Crippen LogP contribution in [0.25, 0.3) is 21.0 Å². The number of aromatic nitrogens is 1. The normalized spacial score (nSPS) is 21.5. The molecule has 4 nitrogen and oxygen atoms in total. The van der Waals surface area contributed by atoms with Crippen LogP contribution in [-0.4, -0.2) is 16.1 Å². The van der Waals surface area contributed by atoms with Crippen LogP contribution in [0.3, 0.4) is 0 Å². The Morgan fingerprint density at radius 1 is 1.17 bits per heavy atom. The van der Waals surface area contributed by atoms with Gasteiger partial charge in [0.15, 0.2) is 0 Å². The topological polar surface area (TPSA) is 79.1 Å². The number of nitrogens with one attached hydrogen (secondary N) is 1. The molecule has 0 aliphatic heterocycles. The van der Waals surface area contributed by atoms with Gasteiger partial charge in [0, 0.05) is 27.2 Å². The number of fused-ring (bicyclic) bond motifs is 3. The van der Waals surface area contributed by atoms with E-state index in [9.17, 15) is 9.90 Å². The van der Waals surface area contributed by atoms with Gasteiger partial charge in [-0.1, -0.05) is 0 Å². The molecule has 126 valence electrons. The van der Waals surface area contributed by atoms with Gasteiger partial charge in [0.2, 0.25) is 0 Å². The lowest BCUT2D eigenvalue weighted by Gasteiger charge is -2.25. The lowest BCUT2D eigenvalue weighted by atomic mass is 9.84. The van der Waals surface area contributed by atoms with E-state index in [1.165, 1.54) is 24.1 Å². The van der Waals surface area contributed by atoms with Crippen LogP contribution in [0.1, 0.15) is 37.0 Å². The van der Waals surface area contributed by atoms with Crippen molar-refractivity contribution in [3.63, 3.8) is 0 Å². The lowest BCUT2D eigenvalue weighted by molar-refractivity contribution is 0.311. The molecule has 4 N–H and O–H groups in total. The molecule has 0 amide bonds. The second-order valence-corrected chi connectivity index (χ2v) is 8.10. The van der Waals surface area contributed by atoms with Gasteiger partial charge in [0.1, 0.15) is 10.4 Å². The van der Waals surface area contributed by atoms with E-state index in [-0.39, 0.29) is 11.3 Å². The Bertz CT molecular complexity index is 936. The lowest BCUT2D eigenvalue weighted by Crippen LogP contribution is -2.26. The molecule has 2 aromatic heterocycles. The molecule has 1 aliphatic carbocycles. The highest BCUT2D eigenvalue weighted by atomic mass is 32.1.